The second-order valence-corrected chi connectivity index (χ2v) is 3.45. The molecule has 1 atom stereocenters. The Kier molecular flexibility index (Phi) is 2.14. The molecule has 0 saturated heterocycles. The second kappa shape index (κ2) is 3.32. The fourth-order valence-corrected chi connectivity index (χ4v) is 1.33. The molecule has 2 aromatic rings. The Balaban J connectivity index is 2.58. The van der Waals surface area contributed by atoms with Crippen LogP contribution in [-0.2, 0) is 0 Å². The van der Waals surface area contributed by atoms with Crippen molar-refractivity contribution in [1.82, 2.24) is 4.98 Å². The number of oxazole rings is 1. The van der Waals surface area contributed by atoms with Crippen molar-refractivity contribution in [2.75, 3.05) is 0 Å². The third kappa shape index (κ3) is 1.45. The summed E-state index contributed by atoms with van der Waals surface area (Å²) in [5, 5.41) is 9.30. The predicted molar refractivity (Wildman–Crippen MR) is 53.0 cm³/mol. The highest BCUT2D eigenvalue weighted by Crippen LogP contribution is 2.23. The molecular formula is C10H7ClN2O. The summed E-state index contributed by atoms with van der Waals surface area (Å²) in [6, 6.07) is 7.26. The van der Waals surface area contributed by atoms with E-state index < -0.39 is 0 Å². The molecule has 1 unspecified atom stereocenters. The summed E-state index contributed by atoms with van der Waals surface area (Å²) >= 11 is 5.79. The quantitative estimate of drug-likeness (QED) is 0.720. The number of hydrogen-bond donors (Lipinski definition) is 0. The van der Waals surface area contributed by atoms with Gasteiger partial charge >= 0.3 is 0 Å². The fourth-order valence-electron chi connectivity index (χ4n) is 1.16. The Morgan fingerprint density at radius 3 is 3.07 bits per heavy atom. The summed E-state index contributed by atoms with van der Waals surface area (Å²) in [7, 11) is 0. The molecule has 2 rings (SSSR count). The second-order valence-electron chi connectivity index (χ2n) is 3.01. The summed E-state index contributed by atoms with van der Waals surface area (Å²) < 4.78 is 5.38. The molecule has 1 aromatic heterocycles. The monoisotopic (exact) mass is 206 g/mol. The lowest BCUT2D eigenvalue weighted by Crippen LogP contribution is -1.87. The average molecular weight is 207 g/mol. The highest BCUT2D eigenvalue weighted by atomic mass is 35.5. The van der Waals surface area contributed by atoms with Gasteiger partial charge in [0.2, 0.25) is 5.89 Å². The Morgan fingerprint density at radius 1 is 1.57 bits per heavy atom. The maximum Gasteiger partial charge on any atom is 0.212 e. The SMILES string of the molecule is CC(C#N)c1nc2cc(Cl)ccc2o1. The van der Waals surface area contributed by atoms with E-state index in [9.17, 15) is 0 Å². The van der Waals surface area contributed by atoms with Gasteiger partial charge in [-0.25, -0.2) is 4.98 Å². The van der Waals surface area contributed by atoms with Crippen LogP contribution in [0, 0.1) is 11.3 Å². The highest BCUT2D eigenvalue weighted by Gasteiger charge is 2.12. The lowest BCUT2D eigenvalue weighted by molar-refractivity contribution is 0.520. The molecule has 0 N–H and O–H groups in total. The van der Waals surface area contributed by atoms with Crippen LogP contribution >= 0.6 is 11.6 Å². The van der Waals surface area contributed by atoms with Crippen molar-refractivity contribution in [3.8, 4) is 6.07 Å². The molecule has 3 nitrogen and oxygen atoms in total. The first-order chi connectivity index (χ1) is 6.70. The number of aromatic nitrogens is 1. The minimum Gasteiger partial charge on any atom is -0.439 e. The van der Waals surface area contributed by atoms with Crippen LogP contribution in [0.2, 0.25) is 5.02 Å². The highest BCUT2D eigenvalue weighted by molar-refractivity contribution is 6.31. The molecule has 0 aliphatic rings. The molecule has 70 valence electrons. The van der Waals surface area contributed by atoms with Crippen molar-refractivity contribution in [2.24, 2.45) is 0 Å². The van der Waals surface area contributed by atoms with Gasteiger partial charge in [-0.2, -0.15) is 5.26 Å². The average Bonchev–Trinajstić information content (AvgIpc) is 2.59. The van der Waals surface area contributed by atoms with Crippen molar-refractivity contribution in [2.45, 2.75) is 12.8 Å². The molecular weight excluding hydrogens is 200 g/mol. The van der Waals surface area contributed by atoms with Crippen LogP contribution in [0.1, 0.15) is 18.7 Å². The zero-order valence-electron chi connectivity index (χ0n) is 7.49. The Bertz CT molecular complexity index is 512. The molecule has 0 bridgehead atoms. The summed E-state index contributed by atoms with van der Waals surface area (Å²) in [6.45, 7) is 1.74. The molecule has 14 heavy (non-hydrogen) atoms. The standard InChI is InChI=1S/C10H7ClN2O/c1-6(5-12)10-13-8-4-7(11)2-3-9(8)14-10/h2-4,6H,1H3. The van der Waals surface area contributed by atoms with Crippen LogP contribution in [0.5, 0.6) is 0 Å². The number of benzene rings is 1. The zero-order chi connectivity index (χ0) is 10.1. The third-order valence-corrected chi connectivity index (χ3v) is 2.17. The minimum atomic E-state index is -0.332. The molecule has 0 radical (unpaired) electrons. The van der Waals surface area contributed by atoms with E-state index in [1.54, 1.807) is 25.1 Å². The smallest absolute Gasteiger partial charge is 0.212 e. The van der Waals surface area contributed by atoms with E-state index in [2.05, 4.69) is 11.1 Å². The fraction of sp³-hybridized carbons (Fsp3) is 0.200. The van der Waals surface area contributed by atoms with E-state index in [1.807, 2.05) is 0 Å². The molecule has 1 aromatic carbocycles. The van der Waals surface area contributed by atoms with Gasteiger partial charge < -0.3 is 4.42 Å². The molecule has 1 heterocycles. The van der Waals surface area contributed by atoms with Crippen molar-refractivity contribution in [3.63, 3.8) is 0 Å². The van der Waals surface area contributed by atoms with Crippen molar-refractivity contribution in [3.05, 3.63) is 29.1 Å². The van der Waals surface area contributed by atoms with Gasteiger partial charge in [0.1, 0.15) is 11.4 Å². The van der Waals surface area contributed by atoms with Crippen LogP contribution in [0.25, 0.3) is 11.1 Å². The lowest BCUT2D eigenvalue weighted by Gasteiger charge is -1.90. The van der Waals surface area contributed by atoms with Crippen molar-refractivity contribution >= 4 is 22.7 Å². The maximum atomic E-state index is 8.69. The number of rotatable bonds is 1. The summed E-state index contributed by atoms with van der Waals surface area (Å²) in [5.41, 5.74) is 1.35. The van der Waals surface area contributed by atoms with Gasteiger partial charge in [-0.05, 0) is 25.1 Å². The molecule has 0 saturated carbocycles. The number of halogens is 1. The summed E-state index contributed by atoms with van der Waals surface area (Å²) in [6.07, 6.45) is 0. The number of fused-ring (bicyclic) bond motifs is 1. The van der Waals surface area contributed by atoms with Crippen LogP contribution in [-0.4, -0.2) is 4.98 Å². The molecule has 0 fully saturated rings. The van der Waals surface area contributed by atoms with E-state index in [0.717, 1.165) is 0 Å². The Morgan fingerprint density at radius 2 is 2.36 bits per heavy atom. The number of nitriles is 1. The first-order valence-electron chi connectivity index (χ1n) is 4.16. The predicted octanol–water partition coefficient (Wildman–Crippen LogP) is 3.11. The van der Waals surface area contributed by atoms with Crippen LogP contribution in [0.4, 0.5) is 0 Å². The van der Waals surface area contributed by atoms with E-state index in [-0.39, 0.29) is 5.92 Å². The van der Waals surface area contributed by atoms with Crippen LogP contribution in [0.15, 0.2) is 22.6 Å². The molecule has 4 heteroatoms. The first kappa shape index (κ1) is 9.04. The van der Waals surface area contributed by atoms with Crippen molar-refractivity contribution < 1.29 is 4.42 Å². The number of hydrogen-bond acceptors (Lipinski definition) is 3. The van der Waals surface area contributed by atoms with Gasteiger partial charge in [-0.1, -0.05) is 11.6 Å². The van der Waals surface area contributed by atoms with Crippen LogP contribution < -0.4 is 0 Å². The number of nitrogens with zero attached hydrogens (tertiary/aromatic N) is 2. The molecule has 0 aliphatic carbocycles. The topological polar surface area (TPSA) is 49.8 Å². The normalized spacial score (nSPS) is 12.6. The Labute approximate surface area is 85.9 Å². The summed E-state index contributed by atoms with van der Waals surface area (Å²) in [5.74, 6) is 0.103. The molecule has 0 spiro atoms. The van der Waals surface area contributed by atoms with Gasteiger partial charge in [-0.3, -0.25) is 0 Å². The van der Waals surface area contributed by atoms with Crippen LogP contribution in [0.3, 0.4) is 0 Å². The minimum absolute atomic E-state index is 0.332. The van der Waals surface area contributed by atoms with Gasteiger partial charge in [0, 0.05) is 5.02 Å². The van der Waals surface area contributed by atoms with Crippen molar-refractivity contribution in [1.29, 1.82) is 5.26 Å². The van der Waals surface area contributed by atoms with E-state index in [4.69, 9.17) is 21.3 Å². The van der Waals surface area contributed by atoms with Gasteiger partial charge in [0.05, 0.1) is 6.07 Å². The van der Waals surface area contributed by atoms with Gasteiger partial charge in [0.15, 0.2) is 5.58 Å². The third-order valence-electron chi connectivity index (χ3n) is 1.93. The Hall–Kier alpha value is -1.53. The molecule has 0 amide bonds. The largest absolute Gasteiger partial charge is 0.439 e. The maximum absolute atomic E-state index is 8.69. The van der Waals surface area contributed by atoms with E-state index >= 15 is 0 Å². The van der Waals surface area contributed by atoms with Gasteiger partial charge in [-0.15, -0.1) is 0 Å². The van der Waals surface area contributed by atoms with Gasteiger partial charge in [0.25, 0.3) is 0 Å². The van der Waals surface area contributed by atoms with E-state index in [1.165, 1.54) is 0 Å². The summed E-state index contributed by atoms with van der Waals surface area (Å²) in [4.78, 5) is 4.17. The lowest BCUT2D eigenvalue weighted by atomic mass is 10.2. The molecule has 0 aliphatic heterocycles. The van der Waals surface area contributed by atoms with E-state index in [0.29, 0.717) is 22.0 Å². The zero-order valence-corrected chi connectivity index (χ0v) is 8.25. The first-order valence-corrected chi connectivity index (χ1v) is 4.54.